The van der Waals surface area contributed by atoms with E-state index in [9.17, 15) is 0 Å². The van der Waals surface area contributed by atoms with E-state index >= 15 is 0 Å². The Balaban J connectivity index is -0.000000263. The first-order valence-electron chi connectivity index (χ1n) is 6.80. The summed E-state index contributed by atoms with van der Waals surface area (Å²) in [5.41, 5.74) is 0. The molecule has 4 nitrogen and oxygen atoms in total. The van der Waals surface area contributed by atoms with Gasteiger partial charge >= 0.3 is 0 Å². The highest BCUT2D eigenvalue weighted by molar-refractivity contribution is 7.99. The van der Waals surface area contributed by atoms with Crippen LogP contribution in [0.15, 0.2) is 0 Å². The van der Waals surface area contributed by atoms with Gasteiger partial charge in [-0.25, -0.2) is 0 Å². The van der Waals surface area contributed by atoms with Gasteiger partial charge in [0.15, 0.2) is 0 Å². The number of ether oxygens (including phenoxy) is 2. The summed E-state index contributed by atoms with van der Waals surface area (Å²) < 4.78 is 10.2. The van der Waals surface area contributed by atoms with Crippen molar-refractivity contribution in [1.82, 2.24) is 0 Å². The zero-order valence-corrected chi connectivity index (χ0v) is 12.5. The smallest absolute Gasteiger partial charge is 0.104 e. The van der Waals surface area contributed by atoms with Crippen LogP contribution >= 0.6 is 11.8 Å². The molecule has 2 atom stereocenters. The van der Waals surface area contributed by atoms with E-state index in [0.717, 1.165) is 32.0 Å². The van der Waals surface area contributed by atoms with Crippen LogP contribution in [0.25, 0.3) is 0 Å². The minimum absolute atomic E-state index is 0. The molecule has 0 spiro atoms. The molecule has 0 bridgehead atoms. The van der Waals surface area contributed by atoms with E-state index < -0.39 is 6.10 Å². The molecule has 1 aliphatic heterocycles. The van der Waals surface area contributed by atoms with Crippen LogP contribution in [-0.4, -0.2) is 60.4 Å². The van der Waals surface area contributed by atoms with Crippen molar-refractivity contribution in [3.8, 4) is 0 Å². The lowest BCUT2D eigenvalue weighted by atomic mass is 10.4. The fraction of sp³-hybridized carbons (Fsp3) is 1.00. The normalized spacial score (nSPS) is 17.1. The summed E-state index contributed by atoms with van der Waals surface area (Å²) in [5.74, 6) is 1.72. The maximum atomic E-state index is 8.81. The van der Waals surface area contributed by atoms with Gasteiger partial charge in [0.25, 0.3) is 0 Å². The maximum Gasteiger partial charge on any atom is 0.104 e. The van der Waals surface area contributed by atoms with Gasteiger partial charge in [-0.05, 0) is 18.6 Å². The first kappa shape index (κ1) is 25.2. The maximum absolute atomic E-state index is 8.81. The van der Waals surface area contributed by atoms with E-state index in [1.54, 1.807) is 11.8 Å². The number of hydrogen-bond acceptors (Lipinski definition) is 5. The van der Waals surface area contributed by atoms with Crippen LogP contribution in [0.5, 0.6) is 0 Å². The Bertz CT molecular complexity index is 166. The van der Waals surface area contributed by atoms with Crippen molar-refractivity contribution in [1.29, 1.82) is 0 Å². The number of epoxide rings is 1. The van der Waals surface area contributed by atoms with Gasteiger partial charge in [0.2, 0.25) is 0 Å². The number of hydrogen-bond donors (Lipinski definition) is 2. The molecule has 0 aliphatic carbocycles. The fourth-order valence-corrected chi connectivity index (χ4v) is 1.87. The lowest BCUT2D eigenvalue weighted by molar-refractivity contribution is 0.113. The molecule has 0 amide bonds. The molecule has 0 radical (unpaired) electrons. The third-order valence-electron chi connectivity index (χ3n) is 2.22. The van der Waals surface area contributed by atoms with Crippen LogP contribution < -0.4 is 0 Å². The van der Waals surface area contributed by atoms with Gasteiger partial charge in [-0.2, -0.15) is 11.8 Å². The van der Waals surface area contributed by atoms with Crippen molar-refractivity contribution < 1.29 is 19.7 Å². The van der Waals surface area contributed by atoms with Crippen molar-refractivity contribution in [2.24, 2.45) is 0 Å². The zero-order chi connectivity index (χ0) is 13.6. The molecule has 1 heterocycles. The molecule has 2 unspecified atom stereocenters. The predicted molar refractivity (Wildman–Crippen MR) is 89.6 cm³/mol. The number of rotatable bonds is 10. The first-order chi connectivity index (χ1) is 8.74. The van der Waals surface area contributed by atoms with Crippen molar-refractivity contribution in [2.45, 2.75) is 60.2 Å². The predicted octanol–water partition coefficient (Wildman–Crippen LogP) is 2.96. The minimum atomic E-state index is -0.526. The van der Waals surface area contributed by atoms with Crippen molar-refractivity contribution in [3.63, 3.8) is 0 Å². The third-order valence-corrected chi connectivity index (χ3v) is 3.54. The standard InChI is InChI=1S/C7H14O2.C6H14O2S.2CH4/c1-2-3-4-8-5-7-6-9-7;1-2-3-9-5-6(8)4-7;;/h7H,2-6H2,1H3;6-8H,2-5H2,1H3;2*1H4. The van der Waals surface area contributed by atoms with Gasteiger partial charge in [0.1, 0.15) is 6.10 Å². The van der Waals surface area contributed by atoms with Crippen molar-refractivity contribution in [2.75, 3.05) is 37.9 Å². The Kier molecular flexibility index (Phi) is 24.1. The number of aliphatic hydroxyl groups is 2. The molecule has 0 aromatic heterocycles. The average molecular weight is 313 g/mol. The Hall–Kier alpha value is 0.190. The highest BCUT2D eigenvalue weighted by Gasteiger charge is 2.21. The van der Waals surface area contributed by atoms with Crippen LogP contribution in [0, 0.1) is 0 Å². The summed E-state index contributed by atoms with van der Waals surface area (Å²) in [6, 6.07) is 0. The fourth-order valence-electron chi connectivity index (χ4n) is 1.04. The van der Waals surface area contributed by atoms with E-state index in [-0.39, 0.29) is 21.5 Å². The molecular weight excluding hydrogens is 276 g/mol. The molecule has 1 saturated heterocycles. The topological polar surface area (TPSA) is 62.2 Å². The second-order valence-electron chi connectivity index (χ2n) is 4.30. The van der Waals surface area contributed by atoms with E-state index in [2.05, 4.69) is 13.8 Å². The van der Waals surface area contributed by atoms with E-state index in [1.165, 1.54) is 12.8 Å². The second-order valence-corrected chi connectivity index (χ2v) is 5.44. The summed E-state index contributed by atoms with van der Waals surface area (Å²) in [6.07, 6.45) is 3.42. The van der Waals surface area contributed by atoms with Crippen molar-refractivity contribution >= 4 is 11.8 Å². The molecule has 1 aliphatic rings. The minimum Gasteiger partial charge on any atom is -0.394 e. The van der Waals surface area contributed by atoms with E-state index in [1.807, 2.05) is 0 Å². The quantitative estimate of drug-likeness (QED) is 0.480. The molecule has 126 valence electrons. The molecular formula is C15H36O4S. The number of aliphatic hydroxyl groups excluding tert-OH is 2. The van der Waals surface area contributed by atoms with Gasteiger partial charge in [0.05, 0.1) is 25.9 Å². The van der Waals surface area contributed by atoms with Gasteiger partial charge < -0.3 is 19.7 Å². The first-order valence-corrected chi connectivity index (χ1v) is 7.96. The molecule has 5 heteroatoms. The second kappa shape index (κ2) is 19.2. The summed E-state index contributed by atoms with van der Waals surface area (Å²) >= 11 is 1.68. The highest BCUT2D eigenvalue weighted by atomic mass is 32.2. The molecule has 2 N–H and O–H groups in total. The van der Waals surface area contributed by atoms with Gasteiger partial charge in [-0.3, -0.25) is 0 Å². The SMILES string of the molecule is C.C.CCCCOCC1CO1.CCCSCC(O)CO. The summed E-state index contributed by atoms with van der Waals surface area (Å²) in [7, 11) is 0. The molecule has 0 aromatic carbocycles. The highest BCUT2D eigenvalue weighted by Crippen LogP contribution is 2.08. The lowest BCUT2D eigenvalue weighted by Gasteiger charge is -2.04. The third kappa shape index (κ3) is 20.5. The monoisotopic (exact) mass is 312 g/mol. The Morgan fingerprint density at radius 2 is 1.95 bits per heavy atom. The Labute approximate surface area is 130 Å². The lowest BCUT2D eigenvalue weighted by Crippen LogP contribution is -2.14. The summed E-state index contributed by atoms with van der Waals surface area (Å²) in [6.45, 7) is 6.76. The average Bonchev–Trinajstić information content (AvgIpc) is 3.20. The zero-order valence-electron chi connectivity index (χ0n) is 11.6. The van der Waals surface area contributed by atoms with Crippen molar-refractivity contribution in [3.05, 3.63) is 0 Å². The number of unbranched alkanes of at least 4 members (excludes halogenated alkanes) is 1. The number of thioether (sulfide) groups is 1. The molecule has 1 rings (SSSR count). The van der Waals surface area contributed by atoms with Crippen LogP contribution in [0.3, 0.4) is 0 Å². The van der Waals surface area contributed by atoms with E-state index in [4.69, 9.17) is 19.7 Å². The van der Waals surface area contributed by atoms with Gasteiger partial charge in [-0.15, -0.1) is 0 Å². The van der Waals surface area contributed by atoms with Crippen LogP contribution in [-0.2, 0) is 9.47 Å². The van der Waals surface area contributed by atoms with Crippen LogP contribution in [0.4, 0.5) is 0 Å². The Morgan fingerprint density at radius 3 is 2.40 bits per heavy atom. The largest absolute Gasteiger partial charge is 0.394 e. The molecule has 20 heavy (non-hydrogen) atoms. The Morgan fingerprint density at radius 1 is 1.30 bits per heavy atom. The molecule has 0 saturated carbocycles. The van der Waals surface area contributed by atoms with Crippen LogP contribution in [0.2, 0.25) is 0 Å². The summed E-state index contributed by atoms with van der Waals surface area (Å²) in [5, 5.41) is 17.2. The van der Waals surface area contributed by atoms with Gasteiger partial charge in [0, 0.05) is 12.4 Å². The van der Waals surface area contributed by atoms with E-state index in [0.29, 0.717) is 11.9 Å². The molecule has 1 fully saturated rings. The summed E-state index contributed by atoms with van der Waals surface area (Å²) in [4.78, 5) is 0. The van der Waals surface area contributed by atoms with Crippen LogP contribution in [0.1, 0.15) is 48.0 Å². The molecule has 0 aromatic rings. The van der Waals surface area contributed by atoms with Gasteiger partial charge in [-0.1, -0.05) is 35.1 Å².